The lowest BCUT2D eigenvalue weighted by Gasteiger charge is -2.33. The van der Waals surface area contributed by atoms with Crippen LogP contribution in [0.1, 0.15) is 39.0 Å². The number of halogens is 3. The summed E-state index contributed by atoms with van der Waals surface area (Å²) in [7, 11) is 0. The van der Waals surface area contributed by atoms with E-state index in [1.807, 2.05) is 6.92 Å². The summed E-state index contributed by atoms with van der Waals surface area (Å²) >= 11 is 0. The van der Waals surface area contributed by atoms with Crippen molar-refractivity contribution in [3.8, 4) is 0 Å². The van der Waals surface area contributed by atoms with Gasteiger partial charge in [0.15, 0.2) is 0 Å². The summed E-state index contributed by atoms with van der Waals surface area (Å²) in [4.78, 5) is 0. The molecule has 2 N–H and O–H groups in total. The van der Waals surface area contributed by atoms with E-state index in [-0.39, 0.29) is 26.2 Å². The third-order valence-electron chi connectivity index (χ3n) is 3.48. The van der Waals surface area contributed by atoms with Gasteiger partial charge < -0.3 is 15.2 Å². The molecule has 0 heterocycles. The number of ether oxygens (including phenoxy) is 1. The molecule has 0 aromatic rings. The lowest BCUT2D eigenvalue weighted by molar-refractivity contribution is -0.138. The second kappa shape index (κ2) is 7.45. The molecule has 114 valence electrons. The van der Waals surface area contributed by atoms with Gasteiger partial charge >= 0.3 is 6.18 Å². The van der Waals surface area contributed by atoms with Crippen LogP contribution < -0.4 is 5.32 Å². The molecule has 1 saturated carbocycles. The second-order valence-electron chi connectivity index (χ2n) is 5.29. The van der Waals surface area contributed by atoms with Crippen molar-refractivity contribution in [3.05, 3.63) is 0 Å². The first-order valence-electron chi connectivity index (χ1n) is 6.94. The number of hydrogen-bond acceptors (Lipinski definition) is 3. The molecule has 1 aliphatic rings. The molecule has 0 aliphatic heterocycles. The molecule has 0 radical (unpaired) electrons. The van der Waals surface area contributed by atoms with Crippen molar-refractivity contribution in [3.63, 3.8) is 0 Å². The van der Waals surface area contributed by atoms with Crippen LogP contribution in [-0.2, 0) is 4.74 Å². The van der Waals surface area contributed by atoms with Gasteiger partial charge in [-0.2, -0.15) is 13.2 Å². The maximum atomic E-state index is 12.0. The van der Waals surface area contributed by atoms with E-state index in [1.165, 1.54) is 0 Å². The van der Waals surface area contributed by atoms with Crippen LogP contribution in [0, 0.1) is 5.92 Å². The van der Waals surface area contributed by atoms with Gasteiger partial charge in [0.05, 0.1) is 18.8 Å². The van der Waals surface area contributed by atoms with Crippen molar-refractivity contribution in [2.75, 3.05) is 26.4 Å². The third-order valence-corrected chi connectivity index (χ3v) is 3.48. The minimum absolute atomic E-state index is 0.0244. The van der Waals surface area contributed by atoms with E-state index in [2.05, 4.69) is 5.32 Å². The average Bonchev–Trinajstić information content (AvgIpc) is 3.16. The first kappa shape index (κ1) is 16.7. The van der Waals surface area contributed by atoms with Gasteiger partial charge in [0.1, 0.15) is 0 Å². The Bertz CT molecular complexity index is 257. The Kier molecular flexibility index (Phi) is 6.56. The molecule has 1 fully saturated rings. The molecule has 0 amide bonds. The summed E-state index contributed by atoms with van der Waals surface area (Å²) in [5.74, 6) is 0.381. The molecule has 0 saturated heterocycles. The van der Waals surface area contributed by atoms with E-state index in [0.29, 0.717) is 5.92 Å². The Hall–Kier alpha value is -0.330. The summed E-state index contributed by atoms with van der Waals surface area (Å²) in [5.41, 5.74) is -0.464. The molecular formula is C13H24F3NO2. The fourth-order valence-corrected chi connectivity index (χ4v) is 2.18. The van der Waals surface area contributed by atoms with Crippen molar-refractivity contribution in [1.82, 2.24) is 5.32 Å². The zero-order valence-corrected chi connectivity index (χ0v) is 11.4. The predicted octanol–water partition coefficient (Wildman–Crippen LogP) is 2.49. The predicted molar refractivity (Wildman–Crippen MR) is 66.9 cm³/mol. The quantitative estimate of drug-likeness (QED) is 0.605. The van der Waals surface area contributed by atoms with Crippen LogP contribution in [0.15, 0.2) is 0 Å². The number of aliphatic hydroxyl groups is 1. The highest BCUT2D eigenvalue weighted by Gasteiger charge is 2.44. The number of aliphatic hydroxyl groups excluding tert-OH is 1. The average molecular weight is 283 g/mol. The maximum absolute atomic E-state index is 12.0. The number of hydrogen-bond donors (Lipinski definition) is 2. The molecule has 0 spiro atoms. The molecule has 1 rings (SSSR count). The highest BCUT2D eigenvalue weighted by Crippen LogP contribution is 2.39. The number of nitrogens with one attached hydrogen (secondary N) is 1. The molecule has 0 aromatic carbocycles. The van der Waals surface area contributed by atoms with Crippen LogP contribution in [0.3, 0.4) is 0 Å². The van der Waals surface area contributed by atoms with Gasteiger partial charge in [-0.1, -0.05) is 6.92 Å². The molecule has 0 bridgehead atoms. The Labute approximate surface area is 112 Å². The first-order chi connectivity index (χ1) is 8.93. The molecule has 1 aliphatic carbocycles. The highest BCUT2D eigenvalue weighted by molar-refractivity contribution is 5.00. The zero-order valence-electron chi connectivity index (χ0n) is 11.4. The van der Waals surface area contributed by atoms with Gasteiger partial charge in [-0.25, -0.2) is 0 Å². The summed E-state index contributed by atoms with van der Waals surface area (Å²) in [6.45, 7) is 3.15. The molecule has 1 atom stereocenters. The van der Waals surface area contributed by atoms with Crippen molar-refractivity contribution < 1.29 is 23.0 Å². The largest absolute Gasteiger partial charge is 0.394 e. The summed E-state index contributed by atoms with van der Waals surface area (Å²) in [5, 5.41) is 12.9. The highest BCUT2D eigenvalue weighted by atomic mass is 19.4. The Balaban J connectivity index is 2.28. The van der Waals surface area contributed by atoms with Gasteiger partial charge in [-0.15, -0.1) is 0 Å². The van der Waals surface area contributed by atoms with E-state index >= 15 is 0 Å². The van der Waals surface area contributed by atoms with Gasteiger partial charge in [-0.05, 0) is 38.1 Å². The molecule has 3 nitrogen and oxygen atoms in total. The van der Waals surface area contributed by atoms with Crippen LogP contribution in [0.25, 0.3) is 0 Å². The molecule has 6 heteroatoms. The smallest absolute Gasteiger partial charge is 0.389 e. The van der Waals surface area contributed by atoms with E-state index < -0.39 is 18.1 Å². The number of rotatable bonds is 10. The minimum atomic E-state index is -4.12. The fourth-order valence-electron chi connectivity index (χ4n) is 2.18. The standard InChI is InChI=1S/C13H24F3NO2/c1-2-7-17-12(9-18,11-4-5-11)10-19-8-3-6-13(14,15)16/h11,17-18H,2-10H2,1H3. The van der Waals surface area contributed by atoms with Crippen LogP contribution in [0.5, 0.6) is 0 Å². The van der Waals surface area contributed by atoms with Crippen molar-refractivity contribution >= 4 is 0 Å². The van der Waals surface area contributed by atoms with E-state index in [1.54, 1.807) is 0 Å². The second-order valence-corrected chi connectivity index (χ2v) is 5.29. The molecule has 0 aromatic heterocycles. The van der Waals surface area contributed by atoms with Gasteiger partial charge in [-0.3, -0.25) is 0 Å². The Morgan fingerprint density at radius 1 is 1.32 bits per heavy atom. The van der Waals surface area contributed by atoms with E-state index in [0.717, 1.165) is 25.8 Å². The Morgan fingerprint density at radius 3 is 2.47 bits per heavy atom. The third kappa shape index (κ3) is 6.10. The normalized spacial score (nSPS) is 19.4. The van der Waals surface area contributed by atoms with Crippen molar-refractivity contribution in [1.29, 1.82) is 0 Å². The van der Waals surface area contributed by atoms with Crippen molar-refractivity contribution in [2.45, 2.75) is 50.7 Å². The van der Waals surface area contributed by atoms with E-state index in [4.69, 9.17) is 4.74 Å². The van der Waals surface area contributed by atoms with Crippen molar-refractivity contribution in [2.24, 2.45) is 5.92 Å². The van der Waals surface area contributed by atoms with Crippen LogP contribution >= 0.6 is 0 Å². The van der Waals surface area contributed by atoms with E-state index in [9.17, 15) is 18.3 Å². The number of alkyl halides is 3. The van der Waals surface area contributed by atoms with Crippen LogP contribution in [0.2, 0.25) is 0 Å². The monoisotopic (exact) mass is 283 g/mol. The molecular weight excluding hydrogens is 259 g/mol. The first-order valence-corrected chi connectivity index (χ1v) is 6.94. The van der Waals surface area contributed by atoms with Gasteiger partial charge in [0.25, 0.3) is 0 Å². The topological polar surface area (TPSA) is 41.5 Å². The fraction of sp³-hybridized carbons (Fsp3) is 1.00. The minimum Gasteiger partial charge on any atom is -0.394 e. The molecule has 1 unspecified atom stereocenters. The lowest BCUT2D eigenvalue weighted by Crippen LogP contribution is -2.54. The van der Waals surface area contributed by atoms with Crippen LogP contribution in [-0.4, -0.2) is 43.2 Å². The van der Waals surface area contributed by atoms with Crippen LogP contribution in [0.4, 0.5) is 13.2 Å². The zero-order chi connectivity index (χ0) is 14.4. The lowest BCUT2D eigenvalue weighted by atomic mass is 9.95. The maximum Gasteiger partial charge on any atom is 0.389 e. The summed E-state index contributed by atoms with van der Waals surface area (Å²) in [6, 6.07) is 0. The van der Waals surface area contributed by atoms with Gasteiger partial charge in [0.2, 0.25) is 0 Å². The molecule has 19 heavy (non-hydrogen) atoms. The SMILES string of the molecule is CCCNC(CO)(COCCCC(F)(F)F)C1CC1. The summed E-state index contributed by atoms with van der Waals surface area (Å²) in [6.07, 6.45) is -1.92. The Morgan fingerprint density at radius 2 is 2.00 bits per heavy atom. The summed E-state index contributed by atoms with van der Waals surface area (Å²) < 4.78 is 41.3. The van der Waals surface area contributed by atoms with Gasteiger partial charge in [0, 0.05) is 13.0 Å².